The summed E-state index contributed by atoms with van der Waals surface area (Å²) in [7, 11) is 0. The minimum atomic E-state index is -1.21. The molecule has 3 saturated heterocycles. The van der Waals surface area contributed by atoms with Crippen LogP contribution in [0.1, 0.15) is 30.5 Å². The van der Waals surface area contributed by atoms with Gasteiger partial charge in [0, 0.05) is 11.4 Å². The number of aliphatic hydroxyl groups is 1. The predicted molar refractivity (Wildman–Crippen MR) is 134 cm³/mol. The minimum Gasteiger partial charge on any atom is -0.466 e. The van der Waals surface area contributed by atoms with Gasteiger partial charge < -0.3 is 24.8 Å². The van der Waals surface area contributed by atoms with Crippen LogP contribution in [-0.2, 0) is 30.4 Å². The Bertz CT molecular complexity index is 1130. The summed E-state index contributed by atoms with van der Waals surface area (Å²) >= 11 is 3.63. The van der Waals surface area contributed by atoms with Crippen molar-refractivity contribution in [3.8, 4) is 0 Å². The third kappa shape index (κ3) is 3.93. The summed E-state index contributed by atoms with van der Waals surface area (Å²) in [5.74, 6) is -2.97. The van der Waals surface area contributed by atoms with Crippen molar-refractivity contribution < 1.29 is 29.0 Å². The van der Waals surface area contributed by atoms with Gasteiger partial charge in [0.25, 0.3) is 0 Å². The number of benzene rings is 2. The highest BCUT2D eigenvalue weighted by atomic mass is 79.9. The molecule has 8 nitrogen and oxygen atoms in total. The van der Waals surface area contributed by atoms with E-state index in [1.807, 2.05) is 60.7 Å². The number of carbonyl (C=O) groups is 3. The van der Waals surface area contributed by atoms with Crippen molar-refractivity contribution in [2.24, 2.45) is 11.8 Å². The van der Waals surface area contributed by atoms with Gasteiger partial charge >= 0.3 is 5.97 Å². The first-order chi connectivity index (χ1) is 17.4. The Hall–Kier alpha value is -2.75. The molecule has 2 amide bonds. The third-order valence-electron chi connectivity index (χ3n) is 7.54. The number of hydrogen-bond acceptors (Lipinski definition) is 6. The molecule has 5 rings (SSSR count). The molecule has 9 heteroatoms. The van der Waals surface area contributed by atoms with Gasteiger partial charge in [-0.3, -0.25) is 14.4 Å². The number of aliphatic hydroxyl groups excluding tert-OH is 1. The molecule has 0 aromatic heterocycles. The van der Waals surface area contributed by atoms with Crippen LogP contribution in [0.15, 0.2) is 60.7 Å². The lowest BCUT2D eigenvalue weighted by Gasteiger charge is -2.37. The van der Waals surface area contributed by atoms with Gasteiger partial charge in [-0.1, -0.05) is 76.6 Å². The molecule has 1 spiro atoms. The maximum absolute atomic E-state index is 14.1. The number of hydrogen-bond donors (Lipinski definition) is 2. The summed E-state index contributed by atoms with van der Waals surface area (Å²) in [6.45, 7) is 1.78. The van der Waals surface area contributed by atoms with E-state index < -0.39 is 41.6 Å². The topological polar surface area (TPSA) is 105 Å². The lowest BCUT2D eigenvalue weighted by molar-refractivity contribution is -0.155. The largest absolute Gasteiger partial charge is 0.466 e. The number of likely N-dealkylation sites (tertiary alicyclic amines) is 1. The van der Waals surface area contributed by atoms with Crippen molar-refractivity contribution in [1.82, 2.24) is 10.2 Å². The van der Waals surface area contributed by atoms with E-state index in [-0.39, 0.29) is 36.4 Å². The average molecular weight is 557 g/mol. The van der Waals surface area contributed by atoms with E-state index in [1.54, 1.807) is 6.92 Å². The molecule has 36 heavy (non-hydrogen) atoms. The molecule has 2 N–H and O–H groups in total. The molecule has 190 valence electrons. The molecule has 3 fully saturated rings. The number of nitrogens with one attached hydrogen (secondary N) is 1. The zero-order valence-corrected chi connectivity index (χ0v) is 21.5. The van der Waals surface area contributed by atoms with Gasteiger partial charge in [0.2, 0.25) is 11.8 Å². The normalized spacial score (nSPS) is 31.2. The molecule has 0 aliphatic carbocycles. The maximum Gasteiger partial charge on any atom is 0.312 e. The lowest BCUT2D eigenvalue weighted by atomic mass is 9.70. The third-order valence-corrected chi connectivity index (χ3v) is 8.38. The number of ether oxygens (including phenoxy) is 2. The summed E-state index contributed by atoms with van der Waals surface area (Å²) in [6.07, 6.45) is -0.189. The van der Waals surface area contributed by atoms with Crippen LogP contribution in [0.5, 0.6) is 0 Å². The van der Waals surface area contributed by atoms with E-state index in [2.05, 4.69) is 21.2 Å². The molecule has 3 heterocycles. The fourth-order valence-electron chi connectivity index (χ4n) is 6.12. The molecule has 3 aliphatic heterocycles. The molecule has 2 aromatic rings. The fourth-order valence-corrected chi connectivity index (χ4v) is 7.06. The van der Waals surface area contributed by atoms with Crippen LogP contribution in [0, 0.1) is 11.8 Å². The van der Waals surface area contributed by atoms with Gasteiger partial charge in [0.1, 0.15) is 11.6 Å². The van der Waals surface area contributed by atoms with Crippen molar-refractivity contribution in [1.29, 1.82) is 0 Å². The number of alkyl halides is 1. The zero-order valence-electron chi connectivity index (χ0n) is 19.9. The number of esters is 1. The summed E-state index contributed by atoms with van der Waals surface area (Å²) in [6, 6.07) is 16.8. The summed E-state index contributed by atoms with van der Waals surface area (Å²) in [5, 5.41) is 13.4. The van der Waals surface area contributed by atoms with Gasteiger partial charge in [0.15, 0.2) is 0 Å². The van der Waals surface area contributed by atoms with Gasteiger partial charge in [-0.05, 0) is 24.5 Å². The quantitative estimate of drug-likeness (QED) is 0.382. The molecule has 3 unspecified atom stereocenters. The number of rotatable bonds is 8. The highest BCUT2D eigenvalue weighted by Gasteiger charge is 2.77. The van der Waals surface area contributed by atoms with Crippen LogP contribution < -0.4 is 5.32 Å². The first kappa shape index (κ1) is 24.9. The molecule has 0 radical (unpaired) electrons. The van der Waals surface area contributed by atoms with Crippen molar-refractivity contribution in [3.63, 3.8) is 0 Å². The number of nitrogens with zero attached hydrogens (tertiary/aromatic N) is 1. The van der Waals surface area contributed by atoms with E-state index >= 15 is 0 Å². The van der Waals surface area contributed by atoms with E-state index in [0.717, 1.165) is 5.56 Å². The lowest BCUT2D eigenvalue weighted by Crippen LogP contribution is -2.56. The van der Waals surface area contributed by atoms with Gasteiger partial charge in [-0.25, -0.2) is 0 Å². The first-order valence-corrected chi connectivity index (χ1v) is 13.1. The van der Waals surface area contributed by atoms with E-state index in [4.69, 9.17) is 9.47 Å². The number of amides is 2. The Morgan fingerprint density at radius 2 is 1.86 bits per heavy atom. The second-order valence-electron chi connectivity index (χ2n) is 9.47. The second kappa shape index (κ2) is 9.95. The summed E-state index contributed by atoms with van der Waals surface area (Å²) < 4.78 is 11.8. The smallest absolute Gasteiger partial charge is 0.312 e. The Balaban J connectivity index is 1.56. The van der Waals surface area contributed by atoms with Crippen LogP contribution in [0.4, 0.5) is 0 Å². The maximum atomic E-state index is 14.1. The highest BCUT2D eigenvalue weighted by molar-refractivity contribution is 9.09. The Labute approximate surface area is 218 Å². The van der Waals surface area contributed by atoms with E-state index in [9.17, 15) is 19.5 Å². The molecular weight excluding hydrogens is 528 g/mol. The SMILES string of the molecule is CCOC(=O)[C@H]1[C@H]2C(=O)N([C@H](CO)c3ccccc3)C(C(=O)NCc3ccccc3)C23CC(Br)[C@@H]1O3. The number of fused-ring (bicyclic) bond motifs is 1. The van der Waals surface area contributed by atoms with E-state index in [1.165, 1.54) is 4.90 Å². The van der Waals surface area contributed by atoms with Crippen molar-refractivity contribution in [3.05, 3.63) is 71.8 Å². The molecule has 0 saturated carbocycles. The Kier molecular flexibility index (Phi) is 6.89. The van der Waals surface area contributed by atoms with E-state index in [0.29, 0.717) is 12.0 Å². The highest BCUT2D eigenvalue weighted by Crippen LogP contribution is 2.61. The standard InChI is InChI=1S/C27H29BrN2O6/c1-2-35-26(34)20-21-25(33)30(19(15-31)17-11-7-4-8-12-17)23(27(21)13-18(28)22(20)36-27)24(32)29-14-16-9-5-3-6-10-16/h3-12,18-23,31H,2,13-15H2,1H3,(H,29,32)/t18?,19-,20+,21+,22+,23?,27?/m1/s1. The first-order valence-electron chi connectivity index (χ1n) is 12.2. The zero-order chi connectivity index (χ0) is 25.4. The van der Waals surface area contributed by atoms with Crippen LogP contribution in [0.2, 0.25) is 0 Å². The van der Waals surface area contributed by atoms with Gasteiger partial charge in [0.05, 0.1) is 37.2 Å². The Morgan fingerprint density at radius 3 is 2.50 bits per heavy atom. The Morgan fingerprint density at radius 1 is 1.19 bits per heavy atom. The molecule has 7 atom stereocenters. The van der Waals surface area contributed by atoms with Crippen LogP contribution in [0.3, 0.4) is 0 Å². The monoisotopic (exact) mass is 556 g/mol. The molecular formula is C27H29BrN2O6. The molecule has 2 aromatic carbocycles. The van der Waals surface area contributed by atoms with Crippen LogP contribution >= 0.6 is 15.9 Å². The number of halogens is 1. The van der Waals surface area contributed by atoms with Crippen molar-refractivity contribution >= 4 is 33.7 Å². The van der Waals surface area contributed by atoms with Gasteiger partial charge in [-0.2, -0.15) is 0 Å². The van der Waals surface area contributed by atoms with Gasteiger partial charge in [-0.15, -0.1) is 0 Å². The molecule has 2 bridgehead atoms. The summed E-state index contributed by atoms with van der Waals surface area (Å²) in [4.78, 5) is 42.2. The van der Waals surface area contributed by atoms with Crippen molar-refractivity contribution in [2.75, 3.05) is 13.2 Å². The fraction of sp³-hybridized carbons (Fsp3) is 0.444. The van der Waals surface area contributed by atoms with Crippen molar-refractivity contribution in [2.45, 2.75) is 48.5 Å². The van der Waals surface area contributed by atoms with Crippen LogP contribution in [0.25, 0.3) is 0 Å². The predicted octanol–water partition coefficient (Wildman–Crippen LogP) is 2.35. The average Bonchev–Trinajstić information content (AvgIpc) is 3.48. The van der Waals surface area contributed by atoms with Crippen LogP contribution in [-0.4, -0.2) is 63.6 Å². The second-order valence-corrected chi connectivity index (χ2v) is 10.6. The summed E-state index contributed by atoms with van der Waals surface area (Å²) in [5.41, 5.74) is 0.399. The number of carbonyl (C=O) groups excluding carboxylic acids is 3. The molecule has 3 aliphatic rings. The minimum absolute atomic E-state index is 0.177.